The summed E-state index contributed by atoms with van der Waals surface area (Å²) < 4.78 is 0. The summed E-state index contributed by atoms with van der Waals surface area (Å²) in [6.45, 7) is 4.14. The summed E-state index contributed by atoms with van der Waals surface area (Å²) in [5, 5.41) is 9.18. The molecule has 0 aromatic heterocycles. The fraction of sp³-hybridized carbons (Fsp3) is 1.00. The van der Waals surface area contributed by atoms with Crippen LogP contribution in [0.2, 0.25) is 0 Å². The molecular weight excluding hydrogens is 124 g/mol. The van der Waals surface area contributed by atoms with Crippen LogP contribution in [0.3, 0.4) is 0 Å². The normalized spacial score (nSPS) is 25.5. The molecule has 0 amide bonds. The van der Waals surface area contributed by atoms with E-state index in [-0.39, 0.29) is 6.10 Å². The lowest BCUT2D eigenvalue weighted by atomic mass is 9.64. The summed E-state index contributed by atoms with van der Waals surface area (Å²) in [4.78, 5) is 0. The van der Waals surface area contributed by atoms with Gasteiger partial charge < -0.3 is 5.11 Å². The second-order valence-corrected chi connectivity index (χ2v) is 3.76. The molecule has 0 saturated heterocycles. The van der Waals surface area contributed by atoms with Gasteiger partial charge in [-0.3, -0.25) is 0 Å². The van der Waals surface area contributed by atoms with Crippen molar-refractivity contribution >= 4 is 0 Å². The third-order valence-corrected chi connectivity index (χ3v) is 2.89. The standard InChI is InChI=1S/C9H18O/c1-3-9(5-4-6-9)7-8(2)10/h8,10H,3-7H2,1-2H3/t8-/m1/s1. The summed E-state index contributed by atoms with van der Waals surface area (Å²) in [5.41, 5.74) is 0.536. The van der Waals surface area contributed by atoms with Crippen LogP contribution in [0.5, 0.6) is 0 Å². The first kappa shape index (κ1) is 8.06. The first-order valence-corrected chi connectivity index (χ1v) is 4.37. The van der Waals surface area contributed by atoms with Crippen molar-refractivity contribution in [3.8, 4) is 0 Å². The number of rotatable bonds is 3. The highest BCUT2D eigenvalue weighted by atomic mass is 16.3. The van der Waals surface area contributed by atoms with Crippen molar-refractivity contribution in [2.45, 2.75) is 52.1 Å². The smallest absolute Gasteiger partial charge is 0.0517 e. The largest absolute Gasteiger partial charge is 0.393 e. The van der Waals surface area contributed by atoms with Gasteiger partial charge >= 0.3 is 0 Å². The average molecular weight is 142 g/mol. The van der Waals surface area contributed by atoms with E-state index in [1.165, 1.54) is 25.7 Å². The predicted molar refractivity (Wildman–Crippen MR) is 42.9 cm³/mol. The summed E-state index contributed by atoms with van der Waals surface area (Å²) in [6, 6.07) is 0. The van der Waals surface area contributed by atoms with E-state index in [1.807, 2.05) is 6.92 Å². The monoisotopic (exact) mass is 142 g/mol. The molecule has 0 unspecified atom stereocenters. The van der Waals surface area contributed by atoms with Gasteiger partial charge in [0.25, 0.3) is 0 Å². The first-order chi connectivity index (χ1) is 4.68. The summed E-state index contributed by atoms with van der Waals surface area (Å²) in [6.07, 6.45) is 6.23. The van der Waals surface area contributed by atoms with Gasteiger partial charge in [0.15, 0.2) is 0 Å². The van der Waals surface area contributed by atoms with Crippen molar-refractivity contribution in [1.82, 2.24) is 0 Å². The molecule has 1 atom stereocenters. The van der Waals surface area contributed by atoms with Crippen molar-refractivity contribution < 1.29 is 5.11 Å². The highest BCUT2D eigenvalue weighted by molar-refractivity contribution is 4.87. The zero-order valence-corrected chi connectivity index (χ0v) is 7.06. The molecule has 0 aromatic rings. The molecule has 1 saturated carbocycles. The Morgan fingerprint density at radius 1 is 1.50 bits per heavy atom. The Morgan fingerprint density at radius 3 is 2.20 bits per heavy atom. The molecule has 0 aliphatic heterocycles. The Morgan fingerprint density at radius 2 is 2.10 bits per heavy atom. The van der Waals surface area contributed by atoms with Crippen molar-refractivity contribution in [3.05, 3.63) is 0 Å². The maximum atomic E-state index is 9.18. The van der Waals surface area contributed by atoms with E-state index in [1.54, 1.807) is 0 Å². The third kappa shape index (κ3) is 1.51. The molecule has 60 valence electrons. The maximum absolute atomic E-state index is 9.18. The molecule has 1 aliphatic rings. The molecule has 0 heterocycles. The van der Waals surface area contributed by atoms with Crippen LogP contribution in [-0.2, 0) is 0 Å². The molecule has 1 nitrogen and oxygen atoms in total. The van der Waals surface area contributed by atoms with Gasteiger partial charge in [0, 0.05) is 0 Å². The zero-order valence-electron chi connectivity index (χ0n) is 7.06. The number of aliphatic hydroxyl groups excluding tert-OH is 1. The van der Waals surface area contributed by atoms with Crippen molar-refractivity contribution in [1.29, 1.82) is 0 Å². The van der Waals surface area contributed by atoms with Crippen molar-refractivity contribution in [2.75, 3.05) is 0 Å². The van der Waals surface area contributed by atoms with Crippen LogP contribution in [0.15, 0.2) is 0 Å². The van der Waals surface area contributed by atoms with Gasteiger partial charge in [-0.15, -0.1) is 0 Å². The van der Waals surface area contributed by atoms with Gasteiger partial charge in [0.1, 0.15) is 0 Å². The van der Waals surface area contributed by atoms with Gasteiger partial charge in [-0.05, 0) is 31.6 Å². The van der Waals surface area contributed by atoms with Crippen LogP contribution in [-0.4, -0.2) is 11.2 Å². The topological polar surface area (TPSA) is 20.2 Å². The van der Waals surface area contributed by atoms with Crippen LogP contribution in [0.1, 0.15) is 46.0 Å². The highest BCUT2D eigenvalue weighted by Crippen LogP contribution is 2.47. The molecule has 1 heteroatoms. The molecular formula is C9H18O. The minimum atomic E-state index is -0.0970. The van der Waals surface area contributed by atoms with Crippen molar-refractivity contribution in [2.24, 2.45) is 5.41 Å². The molecule has 0 spiro atoms. The lowest BCUT2D eigenvalue weighted by molar-refractivity contribution is 0.0455. The molecule has 1 N–H and O–H groups in total. The zero-order chi connectivity index (χ0) is 7.61. The van der Waals surface area contributed by atoms with Gasteiger partial charge in [-0.25, -0.2) is 0 Å². The Hall–Kier alpha value is -0.0400. The van der Waals surface area contributed by atoms with Crippen LogP contribution in [0.25, 0.3) is 0 Å². The number of hydrogen-bond acceptors (Lipinski definition) is 1. The van der Waals surface area contributed by atoms with Crippen LogP contribution in [0.4, 0.5) is 0 Å². The molecule has 1 rings (SSSR count). The molecule has 0 radical (unpaired) electrons. The van der Waals surface area contributed by atoms with E-state index >= 15 is 0 Å². The molecule has 1 fully saturated rings. The van der Waals surface area contributed by atoms with E-state index in [4.69, 9.17) is 0 Å². The Balaban J connectivity index is 2.33. The van der Waals surface area contributed by atoms with Crippen LogP contribution >= 0.6 is 0 Å². The Kier molecular flexibility index (Phi) is 2.35. The van der Waals surface area contributed by atoms with Gasteiger partial charge in [-0.2, -0.15) is 0 Å². The first-order valence-electron chi connectivity index (χ1n) is 4.37. The van der Waals surface area contributed by atoms with E-state index < -0.39 is 0 Å². The molecule has 0 bridgehead atoms. The lowest BCUT2D eigenvalue weighted by Crippen LogP contribution is -2.31. The predicted octanol–water partition coefficient (Wildman–Crippen LogP) is 2.34. The summed E-state index contributed by atoms with van der Waals surface area (Å²) in [5.74, 6) is 0. The van der Waals surface area contributed by atoms with E-state index in [9.17, 15) is 5.11 Å². The Labute approximate surface area is 63.4 Å². The quantitative estimate of drug-likeness (QED) is 0.641. The fourth-order valence-corrected chi connectivity index (χ4v) is 2.01. The van der Waals surface area contributed by atoms with Gasteiger partial charge in [0.2, 0.25) is 0 Å². The van der Waals surface area contributed by atoms with E-state index in [2.05, 4.69) is 6.92 Å². The SMILES string of the molecule is CCC1(C[C@@H](C)O)CCC1. The number of aliphatic hydroxyl groups is 1. The molecule has 10 heavy (non-hydrogen) atoms. The highest BCUT2D eigenvalue weighted by Gasteiger charge is 2.35. The third-order valence-electron chi connectivity index (χ3n) is 2.89. The van der Waals surface area contributed by atoms with Gasteiger partial charge in [0.05, 0.1) is 6.10 Å². The summed E-state index contributed by atoms with van der Waals surface area (Å²) >= 11 is 0. The molecule has 1 aliphatic carbocycles. The average Bonchev–Trinajstić information content (AvgIpc) is 1.78. The minimum Gasteiger partial charge on any atom is -0.393 e. The fourth-order valence-electron chi connectivity index (χ4n) is 2.01. The minimum absolute atomic E-state index is 0.0970. The summed E-state index contributed by atoms with van der Waals surface area (Å²) in [7, 11) is 0. The van der Waals surface area contributed by atoms with Gasteiger partial charge in [-0.1, -0.05) is 19.8 Å². The van der Waals surface area contributed by atoms with E-state index in [0.29, 0.717) is 5.41 Å². The van der Waals surface area contributed by atoms with Crippen LogP contribution < -0.4 is 0 Å². The second-order valence-electron chi connectivity index (χ2n) is 3.76. The Bertz CT molecular complexity index is 97.8. The van der Waals surface area contributed by atoms with Crippen LogP contribution in [0, 0.1) is 5.41 Å². The number of hydrogen-bond donors (Lipinski definition) is 1. The molecule has 0 aromatic carbocycles. The lowest BCUT2D eigenvalue weighted by Gasteiger charge is -2.42. The van der Waals surface area contributed by atoms with E-state index in [0.717, 1.165) is 6.42 Å². The second kappa shape index (κ2) is 2.91. The van der Waals surface area contributed by atoms with Crippen molar-refractivity contribution in [3.63, 3.8) is 0 Å². The maximum Gasteiger partial charge on any atom is 0.0517 e.